The molecule has 0 saturated carbocycles. The first kappa shape index (κ1) is 14.2. The lowest BCUT2D eigenvalue weighted by atomic mass is 9.92. The molecule has 2 aliphatic heterocycles. The van der Waals surface area contributed by atoms with Gasteiger partial charge in [0, 0.05) is 5.75 Å². The van der Waals surface area contributed by atoms with Crippen molar-refractivity contribution >= 4 is 35.0 Å². The topological polar surface area (TPSA) is 29.5 Å². The molecule has 5 heteroatoms. The number of hydrogen-bond acceptors (Lipinski definition) is 3. The zero-order valence-corrected chi connectivity index (χ0v) is 13.7. The van der Waals surface area contributed by atoms with Crippen LogP contribution in [0.15, 0.2) is 12.1 Å². The van der Waals surface area contributed by atoms with Crippen molar-refractivity contribution in [3.63, 3.8) is 0 Å². The number of benzene rings is 1. The van der Waals surface area contributed by atoms with Crippen molar-refractivity contribution in [3.8, 4) is 0 Å². The summed E-state index contributed by atoms with van der Waals surface area (Å²) in [6.07, 6.45) is 0. The van der Waals surface area contributed by atoms with Gasteiger partial charge in [-0.1, -0.05) is 29.3 Å². The number of carbonyl (C=O) groups excluding carboxylic acids is 1. The van der Waals surface area contributed by atoms with Crippen molar-refractivity contribution in [1.29, 1.82) is 0 Å². The Kier molecular flexibility index (Phi) is 3.13. The second-order valence-corrected chi connectivity index (χ2v) is 7.76. The Morgan fingerprint density at radius 3 is 2.50 bits per heavy atom. The summed E-state index contributed by atoms with van der Waals surface area (Å²) < 4.78 is 4.92. The minimum absolute atomic E-state index is 0.0681. The van der Waals surface area contributed by atoms with Crippen molar-refractivity contribution in [2.75, 3.05) is 17.3 Å². The Hall–Kier alpha value is -0.710. The highest BCUT2D eigenvalue weighted by atomic mass is 35.5. The monoisotopic (exact) mass is 311 g/mol. The second-order valence-electron chi connectivity index (χ2n) is 5.66. The number of anilines is 1. The highest BCUT2D eigenvalue weighted by Gasteiger charge is 2.72. The van der Waals surface area contributed by atoms with E-state index in [2.05, 4.69) is 19.1 Å². The molecule has 2 fully saturated rings. The lowest BCUT2D eigenvalue weighted by molar-refractivity contribution is -0.150. The van der Waals surface area contributed by atoms with Crippen LogP contribution in [-0.2, 0) is 9.53 Å². The summed E-state index contributed by atoms with van der Waals surface area (Å²) in [6.45, 7) is 8.63. The molecule has 3 rings (SSSR count). The van der Waals surface area contributed by atoms with Crippen LogP contribution >= 0.6 is 23.4 Å². The Bertz CT molecular complexity index is 583. The van der Waals surface area contributed by atoms with Crippen LogP contribution in [-0.4, -0.2) is 28.2 Å². The number of halogens is 1. The molecule has 0 bridgehead atoms. The lowest BCUT2D eigenvalue weighted by Crippen LogP contribution is -2.80. The van der Waals surface area contributed by atoms with Crippen LogP contribution in [0, 0.1) is 20.8 Å². The van der Waals surface area contributed by atoms with Crippen molar-refractivity contribution in [2.24, 2.45) is 0 Å². The van der Waals surface area contributed by atoms with Gasteiger partial charge in [-0.2, -0.15) is 0 Å². The highest BCUT2D eigenvalue weighted by molar-refractivity contribution is 8.03. The van der Waals surface area contributed by atoms with Crippen molar-refractivity contribution < 1.29 is 9.53 Å². The van der Waals surface area contributed by atoms with E-state index in [9.17, 15) is 4.79 Å². The van der Waals surface area contributed by atoms with Gasteiger partial charge in [-0.25, -0.2) is 0 Å². The normalized spacial score (nSPS) is 32.9. The molecular formula is C15H18ClNO2S. The molecule has 0 radical (unpaired) electrons. The molecular weight excluding hydrogens is 294 g/mol. The first-order valence-electron chi connectivity index (χ1n) is 6.70. The molecule has 0 unspecified atom stereocenters. The van der Waals surface area contributed by atoms with Gasteiger partial charge in [0.15, 0.2) is 5.72 Å². The zero-order valence-electron chi connectivity index (χ0n) is 12.1. The van der Waals surface area contributed by atoms with Gasteiger partial charge in [-0.05, 0) is 38.8 Å². The maximum atomic E-state index is 12.6. The fourth-order valence-corrected chi connectivity index (χ4v) is 4.78. The van der Waals surface area contributed by atoms with E-state index >= 15 is 0 Å². The first-order valence-corrected chi connectivity index (χ1v) is 8.07. The summed E-state index contributed by atoms with van der Waals surface area (Å²) in [5, 5.41) is 0. The highest BCUT2D eigenvalue weighted by Crippen LogP contribution is 2.58. The summed E-state index contributed by atoms with van der Waals surface area (Å²) in [4.78, 5) is 14.3. The van der Waals surface area contributed by atoms with Crippen LogP contribution in [0.25, 0.3) is 0 Å². The third kappa shape index (κ3) is 1.62. The average molecular weight is 312 g/mol. The molecule has 3 nitrogen and oxygen atoms in total. The van der Waals surface area contributed by atoms with Crippen molar-refractivity contribution in [1.82, 2.24) is 0 Å². The molecule has 0 spiro atoms. The van der Waals surface area contributed by atoms with E-state index in [1.54, 1.807) is 4.90 Å². The molecule has 0 aromatic heterocycles. The predicted molar refractivity (Wildman–Crippen MR) is 83.5 cm³/mol. The summed E-state index contributed by atoms with van der Waals surface area (Å²) in [5.41, 5.74) is 3.52. The second kappa shape index (κ2) is 4.39. The van der Waals surface area contributed by atoms with E-state index in [1.807, 2.05) is 20.8 Å². The molecule has 2 saturated heterocycles. The lowest BCUT2D eigenvalue weighted by Gasteiger charge is -2.61. The minimum Gasteiger partial charge on any atom is -0.351 e. The zero-order chi connectivity index (χ0) is 14.7. The summed E-state index contributed by atoms with van der Waals surface area (Å²) in [6, 6.07) is 4.17. The van der Waals surface area contributed by atoms with Crippen LogP contribution in [0.1, 0.15) is 23.6 Å². The number of hydrogen-bond donors (Lipinski definition) is 0. The van der Waals surface area contributed by atoms with Crippen LogP contribution in [0.2, 0.25) is 0 Å². The molecule has 1 aromatic rings. The van der Waals surface area contributed by atoms with Crippen LogP contribution < -0.4 is 4.90 Å². The Labute approximate surface area is 128 Å². The number of β-lactam (4-membered cyclic amide) rings is 1. The Balaban J connectivity index is 2.10. The molecule has 1 amide bonds. The largest absolute Gasteiger partial charge is 0.351 e. The van der Waals surface area contributed by atoms with E-state index in [-0.39, 0.29) is 5.91 Å². The summed E-state index contributed by atoms with van der Waals surface area (Å²) >= 11 is 8.01. The van der Waals surface area contributed by atoms with Gasteiger partial charge in [0.25, 0.3) is 5.91 Å². The quantitative estimate of drug-likeness (QED) is 0.588. The number of ether oxygens (including phenoxy) is 1. The molecule has 2 atom stereocenters. The van der Waals surface area contributed by atoms with E-state index in [1.165, 1.54) is 17.3 Å². The molecule has 20 heavy (non-hydrogen) atoms. The van der Waals surface area contributed by atoms with Gasteiger partial charge in [0.05, 0.1) is 12.3 Å². The average Bonchev–Trinajstić information content (AvgIpc) is 2.36. The SMILES string of the molecule is Cc1cc(C)c(N2C(=O)[C@@]3(Cl)SCCO[C@@]23C)c(C)c1. The van der Waals surface area contributed by atoms with Crippen LogP contribution in [0.3, 0.4) is 0 Å². The fraction of sp³-hybridized carbons (Fsp3) is 0.533. The molecule has 2 heterocycles. The third-order valence-electron chi connectivity index (χ3n) is 4.13. The van der Waals surface area contributed by atoms with Gasteiger partial charge in [-0.15, -0.1) is 11.8 Å². The van der Waals surface area contributed by atoms with Gasteiger partial charge in [0.1, 0.15) is 0 Å². The van der Waals surface area contributed by atoms with Gasteiger partial charge < -0.3 is 4.74 Å². The van der Waals surface area contributed by atoms with Crippen molar-refractivity contribution in [3.05, 3.63) is 28.8 Å². The maximum absolute atomic E-state index is 12.6. The number of rotatable bonds is 1. The van der Waals surface area contributed by atoms with Crippen LogP contribution in [0.5, 0.6) is 0 Å². The maximum Gasteiger partial charge on any atom is 0.265 e. The van der Waals surface area contributed by atoms with E-state index in [4.69, 9.17) is 16.3 Å². The molecule has 0 aliphatic carbocycles. The number of nitrogens with zero attached hydrogens (tertiary/aromatic N) is 1. The summed E-state index contributed by atoms with van der Waals surface area (Å²) in [5.74, 6) is 0.686. The number of fused-ring (bicyclic) bond motifs is 1. The Morgan fingerprint density at radius 2 is 1.90 bits per heavy atom. The summed E-state index contributed by atoms with van der Waals surface area (Å²) in [7, 11) is 0. The van der Waals surface area contributed by atoms with Crippen LogP contribution in [0.4, 0.5) is 5.69 Å². The number of aryl methyl sites for hydroxylation is 3. The minimum atomic E-state index is -0.977. The number of amides is 1. The van der Waals surface area contributed by atoms with E-state index in [0.717, 1.165) is 22.6 Å². The number of alkyl halides is 1. The molecule has 0 N–H and O–H groups in total. The van der Waals surface area contributed by atoms with Gasteiger partial charge in [-0.3, -0.25) is 9.69 Å². The fourth-order valence-electron chi connectivity index (χ4n) is 3.24. The Morgan fingerprint density at radius 1 is 1.30 bits per heavy atom. The van der Waals surface area contributed by atoms with E-state index < -0.39 is 9.93 Å². The number of thioether (sulfide) groups is 1. The predicted octanol–water partition coefficient (Wildman–Crippen LogP) is 3.37. The molecule has 108 valence electrons. The standard InChI is InChI=1S/C15H18ClNO2S/c1-9-7-10(2)12(11(3)8-9)17-13(18)15(16)14(17,4)19-5-6-20-15/h7-8H,5-6H2,1-4H3/t14-,15-/m1/s1. The van der Waals surface area contributed by atoms with E-state index in [0.29, 0.717) is 6.61 Å². The molecule has 2 aliphatic rings. The first-order chi connectivity index (χ1) is 9.31. The smallest absolute Gasteiger partial charge is 0.265 e. The third-order valence-corrected chi connectivity index (χ3v) is 6.29. The van der Waals surface area contributed by atoms with Gasteiger partial charge >= 0.3 is 0 Å². The molecule has 1 aromatic carbocycles. The van der Waals surface area contributed by atoms with Gasteiger partial charge in [0.2, 0.25) is 4.21 Å². The number of carbonyl (C=O) groups is 1. The van der Waals surface area contributed by atoms with Crippen molar-refractivity contribution in [2.45, 2.75) is 37.6 Å².